The minimum Gasteiger partial charge on any atom is -0.477 e. The third-order valence-corrected chi connectivity index (χ3v) is 3.89. The van der Waals surface area contributed by atoms with Crippen LogP contribution >= 0.6 is 0 Å². The van der Waals surface area contributed by atoms with Gasteiger partial charge in [-0.3, -0.25) is 4.98 Å². The van der Waals surface area contributed by atoms with E-state index in [1.165, 1.54) is 12.1 Å². The van der Waals surface area contributed by atoms with Crippen LogP contribution in [0.1, 0.15) is 24.2 Å². The second-order valence-corrected chi connectivity index (χ2v) is 5.57. The fourth-order valence-corrected chi connectivity index (χ4v) is 2.65. The first-order valence-corrected chi connectivity index (χ1v) is 7.96. The van der Waals surface area contributed by atoms with E-state index in [9.17, 15) is 13.2 Å². The zero-order valence-corrected chi connectivity index (χ0v) is 13.7. The lowest BCUT2D eigenvalue weighted by atomic mass is 10.1. The Balaban J connectivity index is 1.74. The van der Waals surface area contributed by atoms with E-state index in [1.807, 2.05) is 11.8 Å². The van der Waals surface area contributed by atoms with Gasteiger partial charge in [-0.2, -0.15) is 18.2 Å². The topological polar surface area (TPSA) is 47.5 Å². The number of hydrogen-bond donors (Lipinski definition) is 0. The Labute approximate surface area is 143 Å². The largest absolute Gasteiger partial charge is 0.477 e. The maximum absolute atomic E-state index is 12.7. The first-order chi connectivity index (χ1) is 12.0. The molecule has 1 fully saturated rings. The van der Waals surface area contributed by atoms with Gasteiger partial charge in [-0.15, -0.1) is 0 Å². The van der Waals surface area contributed by atoms with Gasteiger partial charge >= 0.3 is 6.18 Å². The van der Waals surface area contributed by atoms with Gasteiger partial charge in [0.05, 0.1) is 31.2 Å². The maximum Gasteiger partial charge on any atom is 0.416 e. The molecule has 5 nitrogen and oxygen atoms in total. The normalized spacial score (nSPS) is 18.2. The lowest BCUT2D eigenvalue weighted by molar-refractivity contribution is -0.137. The quantitative estimate of drug-likeness (QED) is 0.842. The second kappa shape index (κ2) is 7.26. The van der Waals surface area contributed by atoms with E-state index < -0.39 is 11.7 Å². The van der Waals surface area contributed by atoms with Crippen molar-refractivity contribution in [1.29, 1.82) is 0 Å². The minimum atomic E-state index is -4.34. The highest BCUT2D eigenvalue weighted by Crippen LogP contribution is 2.31. The molecule has 0 radical (unpaired) electrons. The van der Waals surface area contributed by atoms with Crippen LogP contribution < -0.4 is 9.64 Å². The summed E-state index contributed by atoms with van der Waals surface area (Å²) < 4.78 is 49.1. The van der Waals surface area contributed by atoms with Crippen LogP contribution in [0.2, 0.25) is 0 Å². The SMILES string of the molecule is CCOc1cncc(N2CCOC(c3ccc(C(F)(F)F)cc3)C2)n1. The van der Waals surface area contributed by atoms with Crippen molar-refractivity contribution in [2.24, 2.45) is 0 Å². The molecule has 1 saturated heterocycles. The summed E-state index contributed by atoms with van der Waals surface area (Å²) in [4.78, 5) is 10.5. The number of benzene rings is 1. The van der Waals surface area contributed by atoms with Crippen molar-refractivity contribution in [2.45, 2.75) is 19.2 Å². The number of hydrogen-bond acceptors (Lipinski definition) is 5. The molecule has 0 N–H and O–H groups in total. The highest BCUT2D eigenvalue weighted by atomic mass is 19.4. The van der Waals surface area contributed by atoms with Crippen LogP contribution in [0.25, 0.3) is 0 Å². The molecule has 0 amide bonds. The van der Waals surface area contributed by atoms with Crippen LogP contribution in [0.5, 0.6) is 5.88 Å². The fraction of sp³-hybridized carbons (Fsp3) is 0.412. The van der Waals surface area contributed by atoms with Crippen LogP contribution in [-0.4, -0.2) is 36.3 Å². The zero-order valence-electron chi connectivity index (χ0n) is 13.7. The molecular formula is C17H18F3N3O2. The van der Waals surface area contributed by atoms with Gasteiger partial charge in [0.2, 0.25) is 5.88 Å². The predicted molar refractivity (Wildman–Crippen MR) is 85.6 cm³/mol. The van der Waals surface area contributed by atoms with Crippen molar-refractivity contribution >= 4 is 5.82 Å². The molecule has 1 aliphatic heterocycles. The summed E-state index contributed by atoms with van der Waals surface area (Å²) in [5, 5.41) is 0. The Hall–Kier alpha value is -2.35. The number of nitrogens with zero attached hydrogens (tertiary/aromatic N) is 3. The van der Waals surface area contributed by atoms with Crippen molar-refractivity contribution in [3.63, 3.8) is 0 Å². The van der Waals surface area contributed by atoms with Crippen molar-refractivity contribution in [2.75, 3.05) is 31.2 Å². The summed E-state index contributed by atoms with van der Waals surface area (Å²) in [6.45, 7) is 3.92. The Morgan fingerprint density at radius 3 is 2.68 bits per heavy atom. The summed E-state index contributed by atoms with van der Waals surface area (Å²) in [6, 6.07) is 5.07. The fourth-order valence-electron chi connectivity index (χ4n) is 2.65. The second-order valence-electron chi connectivity index (χ2n) is 5.57. The zero-order chi connectivity index (χ0) is 17.9. The number of anilines is 1. The van der Waals surface area contributed by atoms with E-state index in [0.29, 0.717) is 43.6 Å². The molecule has 0 spiro atoms. The molecule has 1 atom stereocenters. The summed E-state index contributed by atoms with van der Waals surface area (Å²) in [7, 11) is 0. The van der Waals surface area contributed by atoms with Crippen LogP contribution in [-0.2, 0) is 10.9 Å². The number of rotatable bonds is 4. The highest BCUT2D eigenvalue weighted by Gasteiger charge is 2.31. The Bertz CT molecular complexity index is 707. The standard InChI is InChI=1S/C17H18F3N3O2/c1-2-24-16-10-21-9-15(22-16)23-7-8-25-14(11-23)12-3-5-13(6-4-12)17(18,19)20/h3-6,9-10,14H,2,7-8,11H2,1H3. The molecule has 0 aliphatic carbocycles. The van der Waals surface area contributed by atoms with Crippen LogP contribution in [0, 0.1) is 0 Å². The molecule has 25 heavy (non-hydrogen) atoms. The lowest BCUT2D eigenvalue weighted by Crippen LogP contribution is -2.39. The molecule has 1 aromatic carbocycles. The number of ether oxygens (including phenoxy) is 2. The van der Waals surface area contributed by atoms with E-state index in [1.54, 1.807) is 12.4 Å². The molecule has 1 unspecified atom stereocenters. The molecule has 134 valence electrons. The van der Waals surface area contributed by atoms with E-state index in [0.717, 1.165) is 12.1 Å². The minimum absolute atomic E-state index is 0.325. The molecule has 2 heterocycles. The number of aromatic nitrogens is 2. The maximum atomic E-state index is 12.7. The van der Waals surface area contributed by atoms with Gasteiger partial charge in [0, 0.05) is 13.1 Å². The Kier molecular flexibility index (Phi) is 5.08. The number of halogens is 3. The van der Waals surface area contributed by atoms with E-state index in [-0.39, 0.29) is 6.10 Å². The summed E-state index contributed by atoms with van der Waals surface area (Å²) in [5.74, 6) is 1.10. The van der Waals surface area contributed by atoms with Gasteiger partial charge in [0.25, 0.3) is 0 Å². The van der Waals surface area contributed by atoms with E-state index in [4.69, 9.17) is 9.47 Å². The molecule has 1 aliphatic rings. The van der Waals surface area contributed by atoms with Crippen LogP contribution in [0.4, 0.5) is 19.0 Å². The Morgan fingerprint density at radius 2 is 2.00 bits per heavy atom. The molecule has 0 bridgehead atoms. The predicted octanol–water partition coefficient (Wildman–Crippen LogP) is 3.47. The third kappa shape index (κ3) is 4.19. The molecular weight excluding hydrogens is 335 g/mol. The summed E-state index contributed by atoms with van der Waals surface area (Å²) >= 11 is 0. The first-order valence-electron chi connectivity index (χ1n) is 7.96. The van der Waals surface area contributed by atoms with Gasteiger partial charge in [0.15, 0.2) is 5.82 Å². The van der Waals surface area contributed by atoms with Crippen LogP contribution in [0.15, 0.2) is 36.7 Å². The number of morpholine rings is 1. The molecule has 0 saturated carbocycles. The van der Waals surface area contributed by atoms with Crippen LogP contribution in [0.3, 0.4) is 0 Å². The average molecular weight is 353 g/mol. The smallest absolute Gasteiger partial charge is 0.416 e. The van der Waals surface area contributed by atoms with Crippen molar-refractivity contribution in [1.82, 2.24) is 9.97 Å². The highest BCUT2D eigenvalue weighted by molar-refractivity contribution is 5.39. The Morgan fingerprint density at radius 1 is 1.24 bits per heavy atom. The van der Waals surface area contributed by atoms with Crippen molar-refractivity contribution in [3.8, 4) is 5.88 Å². The van der Waals surface area contributed by atoms with Gasteiger partial charge in [-0.05, 0) is 24.6 Å². The van der Waals surface area contributed by atoms with E-state index in [2.05, 4.69) is 9.97 Å². The molecule has 3 rings (SSSR count). The molecule has 1 aromatic heterocycles. The first kappa shape index (κ1) is 17.5. The van der Waals surface area contributed by atoms with Crippen molar-refractivity contribution in [3.05, 3.63) is 47.8 Å². The van der Waals surface area contributed by atoms with Crippen molar-refractivity contribution < 1.29 is 22.6 Å². The molecule has 8 heteroatoms. The van der Waals surface area contributed by atoms with Gasteiger partial charge in [-0.25, -0.2) is 0 Å². The third-order valence-electron chi connectivity index (χ3n) is 3.89. The summed E-state index contributed by atoms with van der Waals surface area (Å²) in [6.07, 6.45) is -1.49. The lowest BCUT2D eigenvalue weighted by Gasteiger charge is -2.33. The number of alkyl halides is 3. The summed E-state index contributed by atoms with van der Waals surface area (Å²) in [5.41, 5.74) is 0.0332. The van der Waals surface area contributed by atoms with Gasteiger partial charge < -0.3 is 14.4 Å². The van der Waals surface area contributed by atoms with E-state index >= 15 is 0 Å². The van der Waals surface area contributed by atoms with Gasteiger partial charge in [0.1, 0.15) is 6.10 Å². The average Bonchev–Trinajstić information content (AvgIpc) is 2.62. The monoisotopic (exact) mass is 353 g/mol. The molecule has 2 aromatic rings. The van der Waals surface area contributed by atoms with Gasteiger partial charge in [-0.1, -0.05) is 12.1 Å².